The van der Waals surface area contributed by atoms with E-state index < -0.39 is 0 Å². The molecule has 0 saturated heterocycles. The van der Waals surface area contributed by atoms with E-state index in [9.17, 15) is 0 Å². The van der Waals surface area contributed by atoms with Gasteiger partial charge in [-0.05, 0) is 50.5 Å². The van der Waals surface area contributed by atoms with Gasteiger partial charge in [-0.2, -0.15) is 0 Å². The molecule has 0 amide bonds. The van der Waals surface area contributed by atoms with E-state index in [-0.39, 0.29) is 0 Å². The van der Waals surface area contributed by atoms with Crippen molar-refractivity contribution in [3.63, 3.8) is 0 Å². The molecule has 0 bridgehead atoms. The predicted octanol–water partition coefficient (Wildman–Crippen LogP) is 6.83. The zero-order valence-corrected chi connectivity index (χ0v) is 17.2. The number of unbranched alkanes of at least 4 members (excludes halogenated alkanes) is 7. The molecule has 0 unspecified atom stereocenters. The fourth-order valence-corrected chi connectivity index (χ4v) is 3.37. The lowest BCUT2D eigenvalue weighted by Gasteiger charge is -2.16. The van der Waals surface area contributed by atoms with Gasteiger partial charge >= 0.3 is 0 Å². The Morgan fingerprint density at radius 1 is 0.600 bits per heavy atom. The standard InChI is InChI=1S/C23H41N2/c1-5-9-13-16-20-21(17-14-10-6-2)24-23(19-12-8-4)25-22(20)18-15-11-7-3/h4-19H2,1-3H3. The molecule has 2 nitrogen and oxygen atoms in total. The van der Waals surface area contributed by atoms with E-state index in [4.69, 9.17) is 9.97 Å². The van der Waals surface area contributed by atoms with E-state index in [1.54, 1.807) is 0 Å². The van der Waals surface area contributed by atoms with Crippen molar-refractivity contribution in [1.29, 1.82) is 0 Å². The van der Waals surface area contributed by atoms with Crippen molar-refractivity contribution in [2.45, 2.75) is 117 Å². The summed E-state index contributed by atoms with van der Waals surface area (Å²) in [5.41, 5.74) is 4.23. The molecule has 1 aromatic rings. The highest BCUT2D eigenvalue weighted by atomic mass is 14.9. The van der Waals surface area contributed by atoms with Crippen molar-refractivity contribution in [2.75, 3.05) is 0 Å². The molecule has 0 N–H and O–H groups in total. The third kappa shape index (κ3) is 8.83. The highest BCUT2D eigenvalue weighted by Gasteiger charge is 2.14. The van der Waals surface area contributed by atoms with Crippen LogP contribution in [0, 0.1) is 6.92 Å². The molecule has 0 saturated carbocycles. The molecule has 1 heterocycles. The monoisotopic (exact) mass is 345 g/mol. The molecule has 0 atom stereocenters. The summed E-state index contributed by atoms with van der Waals surface area (Å²) in [5, 5.41) is 0. The Labute approximate surface area is 157 Å². The lowest BCUT2D eigenvalue weighted by Crippen LogP contribution is -2.11. The van der Waals surface area contributed by atoms with Gasteiger partial charge in [0.05, 0.1) is 0 Å². The van der Waals surface area contributed by atoms with Crippen LogP contribution in [0.2, 0.25) is 0 Å². The van der Waals surface area contributed by atoms with Crippen molar-refractivity contribution in [1.82, 2.24) is 9.97 Å². The van der Waals surface area contributed by atoms with Gasteiger partial charge in [0.2, 0.25) is 0 Å². The Morgan fingerprint density at radius 2 is 1.08 bits per heavy atom. The minimum atomic E-state index is 0.970. The molecule has 1 radical (unpaired) electrons. The highest BCUT2D eigenvalue weighted by molar-refractivity contribution is 5.27. The van der Waals surface area contributed by atoms with Crippen LogP contribution in [0.25, 0.3) is 0 Å². The molecule has 0 aromatic carbocycles. The lowest BCUT2D eigenvalue weighted by molar-refractivity contribution is 0.644. The van der Waals surface area contributed by atoms with E-state index in [0.717, 1.165) is 37.9 Å². The average Bonchev–Trinajstić information content (AvgIpc) is 2.62. The van der Waals surface area contributed by atoms with Crippen LogP contribution in [-0.2, 0) is 25.7 Å². The second kappa shape index (κ2) is 14.3. The maximum Gasteiger partial charge on any atom is 0.128 e. The van der Waals surface area contributed by atoms with Gasteiger partial charge in [-0.3, -0.25) is 0 Å². The van der Waals surface area contributed by atoms with Gasteiger partial charge < -0.3 is 0 Å². The van der Waals surface area contributed by atoms with Crippen molar-refractivity contribution in [3.05, 3.63) is 29.7 Å². The molecule has 1 aromatic heterocycles. The molecular formula is C23H41N2. The van der Waals surface area contributed by atoms with E-state index in [1.165, 1.54) is 81.2 Å². The quantitative estimate of drug-likeness (QED) is 0.325. The van der Waals surface area contributed by atoms with Crippen LogP contribution in [0.1, 0.15) is 114 Å². The molecule has 25 heavy (non-hydrogen) atoms. The third-order valence-corrected chi connectivity index (χ3v) is 4.94. The number of nitrogens with zero attached hydrogens (tertiary/aromatic N) is 2. The third-order valence-electron chi connectivity index (χ3n) is 4.94. The normalized spacial score (nSPS) is 11.2. The largest absolute Gasteiger partial charge is 0.238 e. The predicted molar refractivity (Wildman–Crippen MR) is 110 cm³/mol. The summed E-state index contributed by atoms with van der Waals surface area (Å²) in [5.74, 6) is 1.07. The summed E-state index contributed by atoms with van der Waals surface area (Å²) in [6.07, 6.45) is 18.0. The number of aryl methyl sites for hydroxylation is 3. The fourth-order valence-electron chi connectivity index (χ4n) is 3.37. The molecule has 0 aliphatic carbocycles. The zero-order chi connectivity index (χ0) is 18.3. The van der Waals surface area contributed by atoms with Crippen LogP contribution in [0.3, 0.4) is 0 Å². The van der Waals surface area contributed by atoms with Gasteiger partial charge in [0.25, 0.3) is 0 Å². The van der Waals surface area contributed by atoms with E-state index in [0.29, 0.717) is 0 Å². The Bertz CT molecular complexity index is 422. The van der Waals surface area contributed by atoms with Crippen LogP contribution < -0.4 is 0 Å². The van der Waals surface area contributed by atoms with Gasteiger partial charge in [0.1, 0.15) is 5.82 Å². The maximum atomic E-state index is 5.01. The minimum absolute atomic E-state index is 0.970. The van der Waals surface area contributed by atoms with Gasteiger partial charge in [0.15, 0.2) is 0 Å². The molecular weight excluding hydrogens is 304 g/mol. The Kier molecular flexibility index (Phi) is 12.6. The average molecular weight is 346 g/mol. The second-order valence-electron chi connectivity index (χ2n) is 7.34. The van der Waals surface area contributed by atoms with E-state index in [2.05, 4.69) is 27.7 Å². The van der Waals surface area contributed by atoms with Crippen molar-refractivity contribution in [3.8, 4) is 0 Å². The summed E-state index contributed by atoms with van der Waals surface area (Å²) >= 11 is 0. The number of hydrogen-bond acceptors (Lipinski definition) is 2. The molecule has 0 fully saturated rings. The summed E-state index contributed by atoms with van der Waals surface area (Å²) < 4.78 is 0. The zero-order valence-electron chi connectivity index (χ0n) is 17.2. The Hall–Kier alpha value is -0.920. The first-order valence-electron chi connectivity index (χ1n) is 10.9. The first-order chi connectivity index (χ1) is 12.3. The molecule has 1 rings (SSSR count). The van der Waals surface area contributed by atoms with Gasteiger partial charge in [0, 0.05) is 17.8 Å². The minimum Gasteiger partial charge on any atom is -0.238 e. The van der Waals surface area contributed by atoms with Crippen molar-refractivity contribution < 1.29 is 0 Å². The summed E-state index contributed by atoms with van der Waals surface area (Å²) in [4.78, 5) is 10.0. The molecule has 143 valence electrons. The van der Waals surface area contributed by atoms with Crippen molar-refractivity contribution >= 4 is 0 Å². The van der Waals surface area contributed by atoms with Crippen molar-refractivity contribution in [2.24, 2.45) is 0 Å². The van der Waals surface area contributed by atoms with Crippen LogP contribution in [0.15, 0.2) is 0 Å². The molecule has 2 heteroatoms. The topological polar surface area (TPSA) is 25.8 Å². The van der Waals surface area contributed by atoms with E-state index >= 15 is 0 Å². The van der Waals surface area contributed by atoms with Crippen LogP contribution in [0.5, 0.6) is 0 Å². The molecule has 0 aliphatic rings. The molecule has 0 spiro atoms. The van der Waals surface area contributed by atoms with E-state index in [1.807, 2.05) is 0 Å². The molecule has 0 aliphatic heterocycles. The highest BCUT2D eigenvalue weighted by Crippen LogP contribution is 2.21. The fraction of sp³-hybridized carbons (Fsp3) is 0.783. The van der Waals surface area contributed by atoms with Gasteiger partial charge in [-0.15, -0.1) is 0 Å². The van der Waals surface area contributed by atoms with Crippen LogP contribution in [0.4, 0.5) is 0 Å². The first-order valence-corrected chi connectivity index (χ1v) is 10.9. The number of aromatic nitrogens is 2. The SMILES string of the molecule is [CH2]CCCc1nc(CCCCC)c(CCCCC)c(CCCCC)n1. The smallest absolute Gasteiger partial charge is 0.128 e. The summed E-state index contributed by atoms with van der Waals surface area (Å²) in [6, 6.07) is 0. The van der Waals surface area contributed by atoms with Crippen LogP contribution >= 0.6 is 0 Å². The Morgan fingerprint density at radius 3 is 1.52 bits per heavy atom. The summed E-state index contributed by atoms with van der Waals surface area (Å²) in [6.45, 7) is 10.8. The van der Waals surface area contributed by atoms with Gasteiger partial charge in [-0.1, -0.05) is 72.6 Å². The number of rotatable bonds is 15. The number of hydrogen-bond donors (Lipinski definition) is 0. The summed E-state index contributed by atoms with van der Waals surface area (Å²) in [7, 11) is 0. The van der Waals surface area contributed by atoms with Gasteiger partial charge in [-0.25, -0.2) is 9.97 Å². The maximum absolute atomic E-state index is 5.01. The second-order valence-corrected chi connectivity index (χ2v) is 7.34. The lowest BCUT2D eigenvalue weighted by atomic mass is 9.97. The first kappa shape index (κ1) is 22.1. The van der Waals surface area contributed by atoms with Crippen LogP contribution in [-0.4, -0.2) is 9.97 Å². The Balaban J connectivity index is 3.02.